The van der Waals surface area contributed by atoms with Crippen molar-refractivity contribution >= 4 is 5.69 Å². The Morgan fingerprint density at radius 1 is 1.53 bits per heavy atom. The Bertz CT molecular complexity index is 321. The summed E-state index contributed by atoms with van der Waals surface area (Å²) >= 11 is 0. The minimum absolute atomic E-state index is 0.321. The summed E-state index contributed by atoms with van der Waals surface area (Å²) < 4.78 is 5.27. The van der Waals surface area contributed by atoms with Gasteiger partial charge in [-0.1, -0.05) is 11.6 Å². The number of anilines is 1. The van der Waals surface area contributed by atoms with Crippen molar-refractivity contribution in [2.75, 3.05) is 12.3 Å². The van der Waals surface area contributed by atoms with Crippen LogP contribution in [0.15, 0.2) is 10.7 Å². The van der Waals surface area contributed by atoms with Crippen LogP contribution < -0.4 is 5.73 Å². The first-order valence-electron chi connectivity index (χ1n) is 5.66. The van der Waals surface area contributed by atoms with Gasteiger partial charge in [-0.05, 0) is 33.2 Å². The lowest BCUT2D eigenvalue weighted by atomic mass is 9.98. The number of nitrogen functional groups attached to an aromatic ring is 1. The van der Waals surface area contributed by atoms with E-state index >= 15 is 0 Å². The zero-order valence-electron chi connectivity index (χ0n) is 9.44. The second-order valence-electron chi connectivity index (χ2n) is 4.49. The lowest BCUT2D eigenvalue weighted by Crippen LogP contribution is -2.38. The lowest BCUT2D eigenvalue weighted by molar-refractivity contribution is 0.0918. The van der Waals surface area contributed by atoms with Crippen LogP contribution in [0.1, 0.15) is 44.9 Å². The summed E-state index contributed by atoms with van der Waals surface area (Å²) in [4.78, 5) is 2.44. The van der Waals surface area contributed by atoms with Gasteiger partial charge in [0.25, 0.3) is 0 Å². The predicted octanol–water partition coefficient (Wildman–Crippen LogP) is 2.19. The molecule has 0 aliphatic carbocycles. The molecule has 2 heterocycles. The molecule has 1 aliphatic heterocycles. The highest BCUT2D eigenvalue weighted by Gasteiger charge is 2.29. The van der Waals surface area contributed by atoms with Crippen molar-refractivity contribution in [3.63, 3.8) is 0 Å². The van der Waals surface area contributed by atoms with Crippen molar-refractivity contribution < 1.29 is 4.52 Å². The van der Waals surface area contributed by atoms with Gasteiger partial charge in [0.1, 0.15) is 0 Å². The standard InChI is InChI=1S/C11H19N3O/c1-8(2)14-6-4-3-5-10(14)11-9(12)7-13-15-11/h7-8,10H,3-6,12H2,1-2H3. The van der Waals surface area contributed by atoms with E-state index in [0.29, 0.717) is 17.8 Å². The molecule has 84 valence electrons. The van der Waals surface area contributed by atoms with Gasteiger partial charge in [0.2, 0.25) is 0 Å². The molecule has 0 spiro atoms. The van der Waals surface area contributed by atoms with Gasteiger partial charge in [0.15, 0.2) is 5.76 Å². The maximum absolute atomic E-state index is 5.85. The van der Waals surface area contributed by atoms with Gasteiger partial charge >= 0.3 is 0 Å². The van der Waals surface area contributed by atoms with Gasteiger partial charge in [-0.3, -0.25) is 4.90 Å². The highest BCUT2D eigenvalue weighted by Crippen LogP contribution is 2.34. The van der Waals surface area contributed by atoms with Gasteiger partial charge in [0, 0.05) is 6.04 Å². The minimum atomic E-state index is 0.321. The van der Waals surface area contributed by atoms with Crippen molar-refractivity contribution in [2.45, 2.75) is 45.2 Å². The highest BCUT2D eigenvalue weighted by atomic mass is 16.5. The fraction of sp³-hybridized carbons (Fsp3) is 0.727. The van der Waals surface area contributed by atoms with Crippen molar-refractivity contribution in [1.82, 2.24) is 10.1 Å². The molecule has 1 aromatic rings. The van der Waals surface area contributed by atoms with E-state index in [1.807, 2.05) is 0 Å². The van der Waals surface area contributed by atoms with Crippen LogP contribution in [0, 0.1) is 0 Å². The zero-order chi connectivity index (χ0) is 10.8. The van der Waals surface area contributed by atoms with E-state index in [0.717, 1.165) is 18.7 Å². The number of hydrogen-bond acceptors (Lipinski definition) is 4. The van der Waals surface area contributed by atoms with Gasteiger partial charge in [-0.2, -0.15) is 0 Å². The average molecular weight is 209 g/mol. The van der Waals surface area contributed by atoms with Crippen molar-refractivity contribution in [1.29, 1.82) is 0 Å². The molecule has 4 nitrogen and oxygen atoms in total. The molecule has 1 saturated heterocycles. The van der Waals surface area contributed by atoms with Crippen LogP contribution in [-0.4, -0.2) is 22.6 Å². The van der Waals surface area contributed by atoms with Crippen molar-refractivity contribution in [3.8, 4) is 0 Å². The fourth-order valence-electron chi connectivity index (χ4n) is 2.36. The molecule has 15 heavy (non-hydrogen) atoms. The maximum Gasteiger partial charge on any atom is 0.176 e. The first kappa shape index (κ1) is 10.5. The molecule has 0 bridgehead atoms. The second-order valence-corrected chi connectivity index (χ2v) is 4.49. The Balaban J connectivity index is 2.21. The molecule has 2 N–H and O–H groups in total. The quantitative estimate of drug-likeness (QED) is 0.811. The number of piperidine rings is 1. The number of likely N-dealkylation sites (tertiary alicyclic amines) is 1. The second kappa shape index (κ2) is 4.23. The first-order chi connectivity index (χ1) is 7.20. The molecule has 1 aromatic heterocycles. The fourth-order valence-corrected chi connectivity index (χ4v) is 2.36. The SMILES string of the molecule is CC(C)N1CCCCC1c1oncc1N. The first-order valence-corrected chi connectivity index (χ1v) is 5.66. The van der Waals surface area contributed by atoms with Crippen LogP contribution in [0.2, 0.25) is 0 Å². The number of aromatic nitrogens is 1. The van der Waals surface area contributed by atoms with Crippen LogP contribution >= 0.6 is 0 Å². The van der Waals surface area contributed by atoms with E-state index in [9.17, 15) is 0 Å². The zero-order valence-corrected chi connectivity index (χ0v) is 9.44. The summed E-state index contributed by atoms with van der Waals surface area (Å²) in [6, 6.07) is 0.848. The molecule has 1 unspecified atom stereocenters. The third-order valence-electron chi connectivity index (χ3n) is 3.14. The normalized spacial score (nSPS) is 23.5. The van der Waals surface area contributed by atoms with E-state index in [1.54, 1.807) is 6.20 Å². The minimum Gasteiger partial charge on any atom is -0.394 e. The Hall–Kier alpha value is -1.03. The Kier molecular flexibility index (Phi) is 2.95. The van der Waals surface area contributed by atoms with Crippen LogP contribution in [-0.2, 0) is 0 Å². The van der Waals surface area contributed by atoms with Gasteiger partial charge in [0.05, 0.1) is 17.9 Å². The summed E-state index contributed by atoms with van der Waals surface area (Å²) in [5.74, 6) is 0.850. The van der Waals surface area contributed by atoms with Gasteiger partial charge in [-0.25, -0.2) is 0 Å². The molecule has 0 radical (unpaired) electrons. The third-order valence-corrected chi connectivity index (χ3v) is 3.14. The van der Waals surface area contributed by atoms with Crippen LogP contribution in [0.5, 0.6) is 0 Å². The van der Waals surface area contributed by atoms with Crippen LogP contribution in [0.25, 0.3) is 0 Å². The monoisotopic (exact) mass is 209 g/mol. The number of nitrogens with two attached hydrogens (primary N) is 1. The molecular formula is C11H19N3O. The molecular weight excluding hydrogens is 190 g/mol. The van der Waals surface area contributed by atoms with Crippen molar-refractivity contribution in [3.05, 3.63) is 12.0 Å². The number of hydrogen-bond donors (Lipinski definition) is 1. The Labute approximate surface area is 90.4 Å². The highest BCUT2D eigenvalue weighted by molar-refractivity contribution is 5.40. The van der Waals surface area contributed by atoms with Crippen molar-refractivity contribution in [2.24, 2.45) is 0 Å². The smallest absolute Gasteiger partial charge is 0.176 e. The largest absolute Gasteiger partial charge is 0.394 e. The molecule has 1 aliphatic rings. The maximum atomic E-state index is 5.85. The molecule has 0 saturated carbocycles. The molecule has 1 fully saturated rings. The summed E-state index contributed by atoms with van der Waals surface area (Å²) in [6.07, 6.45) is 5.23. The van der Waals surface area contributed by atoms with E-state index in [4.69, 9.17) is 10.3 Å². The lowest BCUT2D eigenvalue weighted by Gasteiger charge is -2.37. The summed E-state index contributed by atoms with van der Waals surface area (Å²) in [6.45, 7) is 5.55. The molecule has 1 atom stereocenters. The molecule has 0 amide bonds. The predicted molar refractivity (Wildman–Crippen MR) is 59.3 cm³/mol. The van der Waals surface area contributed by atoms with Gasteiger partial charge < -0.3 is 10.3 Å². The topological polar surface area (TPSA) is 55.3 Å². The summed E-state index contributed by atoms with van der Waals surface area (Å²) in [5.41, 5.74) is 6.54. The molecule has 0 aromatic carbocycles. The van der Waals surface area contributed by atoms with E-state index < -0.39 is 0 Å². The third kappa shape index (κ3) is 2.00. The Morgan fingerprint density at radius 3 is 2.93 bits per heavy atom. The molecule has 4 heteroatoms. The average Bonchev–Trinajstić information content (AvgIpc) is 2.64. The number of rotatable bonds is 2. The van der Waals surface area contributed by atoms with Crippen LogP contribution in [0.3, 0.4) is 0 Å². The van der Waals surface area contributed by atoms with E-state index in [1.165, 1.54) is 12.8 Å². The molecule has 2 rings (SSSR count). The van der Waals surface area contributed by atoms with E-state index in [-0.39, 0.29) is 0 Å². The van der Waals surface area contributed by atoms with E-state index in [2.05, 4.69) is 23.9 Å². The van der Waals surface area contributed by atoms with Gasteiger partial charge in [-0.15, -0.1) is 0 Å². The Morgan fingerprint density at radius 2 is 2.33 bits per heavy atom. The summed E-state index contributed by atoms with van der Waals surface area (Å²) in [5, 5.41) is 3.76. The number of nitrogens with zero attached hydrogens (tertiary/aromatic N) is 2. The van der Waals surface area contributed by atoms with Crippen LogP contribution in [0.4, 0.5) is 5.69 Å². The summed E-state index contributed by atoms with van der Waals surface area (Å²) in [7, 11) is 0.